The number of nitrogens with zero attached hydrogens (tertiary/aromatic N) is 3. The monoisotopic (exact) mass is 459 g/mol. The molecule has 8 heteroatoms. The summed E-state index contributed by atoms with van der Waals surface area (Å²) in [5.74, 6) is -1.67. The Labute approximate surface area is 192 Å². The van der Waals surface area contributed by atoms with E-state index in [1.54, 1.807) is 38.3 Å². The molecule has 0 fully saturated rings. The average Bonchev–Trinajstić information content (AvgIpc) is 3.05. The first kappa shape index (κ1) is 24.8. The van der Waals surface area contributed by atoms with Crippen molar-refractivity contribution in [2.45, 2.75) is 72.5 Å². The minimum Gasteiger partial charge on any atom is -0.470 e. The van der Waals surface area contributed by atoms with Crippen LogP contribution in [0.25, 0.3) is 5.65 Å². The summed E-state index contributed by atoms with van der Waals surface area (Å²) in [4.78, 5) is 22.1. The number of fused-ring (bicyclic) bond motifs is 1. The van der Waals surface area contributed by atoms with Crippen LogP contribution in [-0.4, -0.2) is 30.9 Å². The number of aryl methyl sites for hydroxylation is 2. The molecule has 2 aromatic heterocycles. The molecule has 0 aliphatic heterocycles. The summed E-state index contributed by atoms with van der Waals surface area (Å²) in [6.07, 6.45) is 4.50. The molecule has 1 unspecified atom stereocenters. The number of unbranched alkanes of at least 4 members (excludes halogenated alkanes) is 1. The zero-order valence-electron chi connectivity index (χ0n) is 19.8. The third-order valence-electron chi connectivity index (χ3n) is 5.89. The highest BCUT2D eigenvalue weighted by molar-refractivity contribution is 5.96. The lowest BCUT2D eigenvalue weighted by atomic mass is 9.82. The maximum atomic E-state index is 14.0. The summed E-state index contributed by atoms with van der Waals surface area (Å²) in [6, 6.07) is 3.61. The van der Waals surface area contributed by atoms with Crippen LogP contribution in [0, 0.1) is 31.4 Å². The molecule has 0 spiro atoms. The van der Waals surface area contributed by atoms with Crippen molar-refractivity contribution in [1.29, 1.82) is 0 Å². The Balaban J connectivity index is 1.94. The van der Waals surface area contributed by atoms with Gasteiger partial charge in [0.25, 0.3) is 5.88 Å². The van der Waals surface area contributed by atoms with Gasteiger partial charge >= 0.3 is 0 Å². The number of carbonyl (C=O) groups excluding carboxylic acids is 1. The summed E-state index contributed by atoms with van der Waals surface area (Å²) in [5, 5.41) is 10.6. The van der Waals surface area contributed by atoms with Gasteiger partial charge in [-0.25, -0.2) is 18.7 Å². The molecule has 0 aliphatic carbocycles. The maximum Gasteiger partial charge on any atom is 0.258 e. The molecular formula is C25H31F2N3O3. The minimum absolute atomic E-state index is 0.0878. The summed E-state index contributed by atoms with van der Waals surface area (Å²) in [7, 11) is 0. The van der Waals surface area contributed by atoms with Crippen LogP contribution in [0.2, 0.25) is 0 Å². The van der Waals surface area contributed by atoms with Gasteiger partial charge < -0.3 is 9.84 Å². The van der Waals surface area contributed by atoms with Gasteiger partial charge in [-0.1, -0.05) is 25.8 Å². The molecule has 0 saturated heterocycles. The fourth-order valence-corrected chi connectivity index (χ4v) is 3.97. The third-order valence-corrected chi connectivity index (χ3v) is 5.89. The first-order valence-electron chi connectivity index (χ1n) is 11.2. The largest absolute Gasteiger partial charge is 0.470 e. The molecule has 0 amide bonds. The Kier molecular flexibility index (Phi) is 7.47. The first-order chi connectivity index (χ1) is 15.5. The van der Waals surface area contributed by atoms with E-state index in [0.29, 0.717) is 22.7 Å². The Morgan fingerprint density at radius 1 is 1.21 bits per heavy atom. The first-order valence-corrected chi connectivity index (χ1v) is 11.2. The molecule has 3 aromatic rings. The SMILES string of the molecule is CCCCC(CC(=O)c1c(C)nc2c(OCc3c(F)cccc3F)nc(C)cn12)C(C)(C)O. The second-order valence-electron chi connectivity index (χ2n) is 9.04. The number of rotatable bonds is 10. The van der Waals surface area contributed by atoms with Crippen LogP contribution in [-0.2, 0) is 6.61 Å². The van der Waals surface area contributed by atoms with Crippen LogP contribution in [0.4, 0.5) is 8.78 Å². The molecule has 0 aliphatic rings. The van der Waals surface area contributed by atoms with Crippen LogP contribution in [0.3, 0.4) is 0 Å². The van der Waals surface area contributed by atoms with Gasteiger partial charge in [-0.15, -0.1) is 0 Å². The van der Waals surface area contributed by atoms with E-state index in [-0.39, 0.29) is 36.2 Å². The Bertz CT molecular complexity index is 1130. The molecular weight excluding hydrogens is 428 g/mol. The lowest BCUT2D eigenvalue weighted by Gasteiger charge is -2.29. The topological polar surface area (TPSA) is 76.7 Å². The fraction of sp³-hybridized carbons (Fsp3) is 0.480. The Morgan fingerprint density at radius 2 is 1.88 bits per heavy atom. The number of hydrogen-bond donors (Lipinski definition) is 1. The van der Waals surface area contributed by atoms with Gasteiger partial charge in [-0.05, 0) is 52.2 Å². The smallest absolute Gasteiger partial charge is 0.258 e. The molecule has 1 atom stereocenters. The molecule has 178 valence electrons. The molecule has 0 bridgehead atoms. The number of halogens is 2. The van der Waals surface area contributed by atoms with Crippen molar-refractivity contribution >= 4 is 11.4 Å². The van der Waals surface area contributed by atoms with Gasteiger partial charge in [0.05, 0.1) is 22.6 Å². The molecule has 2 heterocycles. The molecule has 0 radical (unpaired) electrons. The number of hydrogen-bond acceptors (Lipinski definition) is 5. The number of carbonyl (C=O) groups is 1. The quantitative estimate of drug-likeness (QED) is 0.414. The highest BCUT2D eigenvalue weighted by Crippen LogP contribution is 2.29. The van der Waals surface area contributed by atoms with Crippen molar-refractivity contribution < 1.29 is 23.4 Å². The molecule has 6 nitrogen and oxygen atoms in total. The van der Waals surface area contributed by atoms with Crippen molar-refractivity contribution in [3.63, 3.8) is 0 Å². The van der Waals surface area contributed by atoms with E-state index >= 15 is 0 Å². The van der Waals surface area contributed by atoms with E-state index in [1.165, 1.54) is 6.07 Å². The number of aromatic nitrogens is 3. The number of benzene rings is 1. The predicted molar refractivity (Wildman–Crippen MR) is 121 cm³/mol. The number of ether oxygens (including phenoxy) is 1. The molecule has 1 N–H and O–H groups in total. The highest BCUT2D eigenvalue weighted by atomic mass is 19.1. The standard InChI is InChI=1S/C25H31F2N3O3/c1-6-7-9-17(25(4,5)32)12-21(31)22-16(3)29-23-24(28-15(2)13-30(22)23)33-14-18-19(26)10-8-11-20(18)27/h8,10-11,13,17,32H,6-7,9,12,14H2,1-5H3. The van der Waals surface area contributed by atoms with Crippen LogP contribution < -0.4 is 4.74 Å². The van der Waals surface area contributed by atoms with Crippen LogP contribution in [0.5, 0.6) is 5.88 Å². The molecule has 0 saturated carbocycles. The van der Waals surface area contributed by atoms with E-state index in [4.69, 9.17) is 4.74 Å². The van der Waals surface area contributed by atoms with Gasteiger partial charge in [0.2, 0.25) is 5.65 Å². The van der Waals surface area contributed by atoms with Gasteiger partial charge in [0.1, 0.15) is 23.9 Å². The van der Waals surface area contributed by atoms with Gasteiger partial charge in [-0.2, -0.15) is 0 Å². The number of aliphatic hydroxyl groups is 1. The van der Waals surface area contributed by atoms with Gasteiger partial charge in [0, 0.05) is 12.6 Å². The van der Waals surface area contributed by atoms with Crippen LogP contribution in [0.15, 0.2) is 24.4 Å². The number of imidazole rings is 1. The van der Waals surface area contributed by atoms with Crippen molar-refractivity contribution in [3.8, 4) is 5.88 Å². The van der Waals surface area contributed by atoms with E-state index < -0.39 is 17.2 Å². The Morgan fingerprint density at radius 3 is 2.48 bits per heavy atom. The molecule has 1 aromatic carbocycles. The van der Waals surface area contributed by atoms with E-state index in [9.17, 15) is 18.7 Å². The predicted octanol–water partition coefficient (Wildman–Crippen LogP) is 5.35. The van der Waals surface area contributed by atoms with E-state index in [0.717, 1.165) is 31.4 Å². The number of ketones is 1. The van der Waals surface area contributed by atoms with Crippen molar-refractivity contribution in [3.05, 3.63) is 58.7 Å². The van der Waals surface area contributed by atoms with Crippen molar-refractivity contribution in [1.82, 2.24) is 14.4 Å². The lowest BCUT2D eigenvalue weighted by Crippen LogP contribution is -2.33. The molecule has 33 heavy (non-hydrogen) atoms. The second kappa shape index (κ2) is 9.95. The third kappa shape index (κ3) is 5.55. The second-order valence-corrected chi connectivity index (χ2v) is 9.04. The number of Topliss-reactive ketones (excluding diaryl/α,β-unsaturated/α-hetero) is 1. The lowest BCUT2D eigenvalue weighted by molar-refractivity contribution is 0.00923. The van der Waals surface area contributed by atoms with Crippen LogP contribution in [0.1, 0.15) is 73.9 Å². The normalized spacial score (nSPS) is 12.8. The van der Waals surface area contributed by atoms with Crippen molar-refractivity contribution in [2.24, 2.45) is 5.92 Å². The average molecular weight is 460 g/mol. The summed E-state index contributed by atoms with van der Waals surface area (Å²) < 4.78 is 35.3. The minimum atomic E-state index is -0.991. The van der Waals surface area contributed by atoms with Crippen LogP contribution >= 0.6 is 0 Å². The maximum absolute atomic E-state index is 14.0. The summed E-state index contributed by atoms with van der Waals surface area (Å²) in [5.41, 5.74) is 0.550. The summed E-state index contributed by atoms with van der Waals surface area (Å²) >= 11 is 0. The zero-order chi connectivity index (χ0) is 24.3. The fourth-order valence-electron chi connectivity index (χ4n) is 3.97. The van der Waals surface area contributed by atoms with E-state index in [1.807, 2.05) is 0 Å². The zero-order valence-corrected chi connectivity index (χ0v) is 19.8. The highest BCUT2D eigenvalue weighted by Gasteiger charge is 2.31. The van der Waals surface area contributed by atoms with Gasteiger partial charge in [0.15, 0.2) is 5.78 Å². The van der Waals surface area contributed by atoms with Gasteiger partial charge in [-0.3, -0.25) is 9.20 Å². The Hall–Kier alpha value is -2.87. The van der Waals surface area contributed by atoms with Crippen molar-refractivity contribution in [2.75, 3.05) is 0 Å². The van der Waals surface area contributed by atoms with E-state index in [2.05, 4.69) is 16.9 Å². The molecule has 3 rings (SSSR count). The summed E-state index contributed by atoms with van der Waals surface area (Å²) in [6.45, 7) is 8.62.